The second kappa shape index (κ2) is 6.39. The van der Waals surface area contributed by atoms with Crippen LogP contribution in [0.15, 0.2) is 59.0 Å². The first-order valence-electron chi connectivity index (χ1n) is 7.37. The quantitative estimate of drug-likeness (QED) is 0.768. The predicted octanol–water partition coefficient (Wildman–Crippen LogP) is 4.42. The number of amides is 1. The van der Waals surface area contributed by atoms with E-state index in [0.29, 0.717) is 12.2 Å². The molecule has 0 saturated heterocycles. The van der Waals surface area contributed by atoms with Gasteiger partial charge >= 0.3 is 6.18 Å². The third-order valence-corrected chi connectivity index (χ3v) is 3.61. The van der Waals surface area contributed by atoms with E-state index in [1.54, 1.807) is 0 Å². The van der Waals surface area contributed by atoms with E-state index in [1.807, 2.05) is 30.3 Å². The van der Waals surface area contributed by atoms with Gasteiger partial charge in [0.25, 0.3) is 5.91 Å². The second-order valence-corrected chi connectivity index (χ2v) is 5.30. The zero-order chi connectivity index (χ0) is 17.2. The first-order valence-corrected chi connectivity index (χ1v) is 7.37. The van der Waals surface area contributed by atoms with Gasteiger partial charge in [0.05, 0.1) is 11.1 Å². The molecule has 0 aliphatic heterocycles. The van der Waals surface area contributed by atoms with Gasteiger partial charge in [-0.2, -0.15) is 13.2 Å². The number of carbonyl (C=O) groups excluding carboxylic acids is 1. The lowest BCUT2D eigenvalue weighted by Crippen LogP contribution is -2.28. The lowest BCUT2D eigenvalue weighted by atomic mass is 10.1. The van der Waals surface area contributed by atoms with E-state index >= 15 is 0 Å². The summed E-state index contributed by atoms with van der Waals surface area (Å²) in [5.41, 5.74) is -0.581. The van der Waals surface area contributed by atoms with Crippen molar-refractivity contribution in [1.82, 2.24) is 5.32 Å². The Morgan fingerprint density at radius 2 is 1.75 bits per heavy atom. The number of furan rings is 1. The number of alkyl halides is 3. The molecule has 3 nitrogen and oxygen atoms in total. The van der Waals surface area contributed by atoms with E-state index in [-0.39, 0.29) is 12.1 Å². The summed E-state index contributed by atoms with van der Waals surface area (Å²) in [6, 6.07) is 14.1. The SMILES string of the molecule is O=C(NCCc1cc2ccccc2o1)c1ccccc1C(F)(F)F. The summed E-state index contributed by atoms with van der Waals surface area (Å²) >= 11 is 0. The Hall–Kier alpha value is -2.76. The Kier molecular flexibility index (Phi) is 4.29. The zero-order valence-electron chi connectivity index (χ0n) is 12.6. The Labute approximate surface area is 136 Å². The van der Waals surface area contributed by atoms with Crippen molar-refractivity contribution in [3.05, 3.63) is 71.5 Å². The fourth-order valence-corrected chi connectivity index (χ4v) is 2.48. The van der Waals surface area contributed by atoms with Crippen molar-refractivity contribution in [1.29, 1.82) is 0 Å². The first kappa shape index (κ1) is 16.1. The third-order valence-electron chi connectivity index (χ3n) is 3.61. The highest BCUT2D eigenvalue weighted by atomic mass is 19.4. The van der Waals surface area contributed by atoms with E-state index in [4.69, 9.17) is 4.42 Å². The molecule has 0 aliphatic rings. The molecule has 0 radical (unpaired) electrons. The highest BCUT2D eigenvalue weighted by Crippen LogP contribution is 2.31. The number of hydrogen-bond donors (Lipinski definition) is 1. The van der Waals surface area contributed by atoms with E-state index in [1.165, 1.54) is 18.2 Å². The van der Waals surface area contributed by atoms with Crippen molar-refractivity contribution in [3.8, 4) is 0 Å². The van der Waals surface area contributed by atoms with E-state index in [0.717, 1.165) is 17.0 Å². The van der Waals surface area contributed by atoms with Crippen molar-refractivity contribution < 1.29 is 22.4 Å². The van der Waals surface area contributed by atoms with Crippen LogP contribution in [0.2, 0.25) is 0 Å². The van der Waals surface area contributed by atoms with Crippen LogP contribution in [0, 0.1) is 0 Å². The largest absolute Gasteiger partial charge is 0.461 e. The topological polar surface area (TPSA) is 42.2 Å². The number of para-hydroxylation sites is 1. The molecule has 0 aliphatic carbocycles. The van der Waals surface area contributed by atoms with E-state index in [9.17, 15) is 18.0 Å². The maximum Gasteiger partial charge on any atom is 0.417 e. The van der Waals surface area contributed by atoms with Gasteiger partial charge in [0.1, 0.15) is 11.3 Å². The molecule has 0 unspecified atom stereocenters. The maximum absolute atomic E-state index is 12.9. The minimum absolute atomic E-state index is 0.185. The molecule has 0 bridgehead atoms. The molecule has 3 aromatic rings. The lowest BCUT2D eigenvalue weighted by Gasteiger charge is -2.12. The number of hydrogen-bond acceptors (Lipinski definition) is 2. The summed E-state index contributed by atoms with van der Waals surface area (Å²) in [7, 11) is 0. The Morgan fingerprint density at radius 1 is 1.04 bits per heavy atom. The summed E-state index contributed by atoms with van der Waals surface area (Å²) in [6.07, 6.45) is -4.17. The van der Waals surface area contributed by atoms with Gasteiger partial charge < -0.3 is 9.73 Å². The zero-order valence-corrected chi connectivity index (χ0v) is 12.6. The van der Waals surface area contributed by atoms with Gasteiger partial charge in [-0.05, 0) is 24.3 Å². The van der Waals surface area contributed by atoms with E-state index < -0.39 is 17.6 Å². The molecule has 1 heterocycles. The molecule has 2 aromatic carbocycles. The number of benzene rings is 2. The maximum atomic E-state index is 12.9. The molecular weight excluding hydrogens is 319 g/mol. The normalized spacial score (nSPS) is 11.6. The summed E-state index contributed by atoms with van der Waals surface area (Å²) in [4.78, 5) is 12.0. The van der Waals surface area contributed by atoms with Crippen LogP contribution in [0.5, 0.6) is 0 Å². The molecule has 6 heteroatoms. The minimum Gasteiger partial charge on any atom is -0.461 e. The Bertz CT molecular complexity index is 835. The molecule has 0 atom stereocenters. The van der Waals surface area contributed by atoms with Crippen LogP contribution in [0.4, 0.5) is 13.2 Å². The van der Waals surface area contributed by atoms with Gasteiger partial charge in [-0.25, -0.2) is 0 Å². The van der Waals surface area contributed by atoms with Gasteiger partial charge in [0.15, 0.2) is 0 Å². The van der Waals surface area contributed by atoms with Crippen molar-refractivity contribution >= 4 is 16.9 Å². The van der Waals surface area contributed by atoms with Crippen LogP contribution in [0.3, 0.4) is 0 Å². The number of carbonyl (C=O) groups is 1. The van der Waals surface area contributed by atoms with Crippen LogP contribution in [0.1, 0.15) is 21.7 Å². The van der Waals surface area contributed by atoms with Gasteiger partial charge in [0.2, 0.25) is 0 Å². The molecular formula is C18H14F3NO2. The molecule has 0 fully saturated rings. The molecule has 24 heavy (non-hydrogen) atoms. The van der Waals surface area contributed by atoms with Crippen LogP contribution in [0.25, 0.3) is 11.0 Å². The molecule has 1 amide bonds. The fourth-order valence-electron chi connectivity index (χ4n) is 2.48. The minimum atomic E-state index is -4.56. The number of halogens is 3. The van der Waals surface area contributed by atoms with Gasteiger partial charge in [-0.1, -0.05) is 30.3 Å². The lowest BCUT2D eigenvalue weighted by molar-refractivity contribution is -0.137. The summed E-state index contributed by atoms with van der Waals surface area (Å²) in [6.45, 7) is 0.185. The van der Waals surface area contributed by atoms with Gasteiger partial charge in [-0.3, -0.25) is 4.79 Å². The average Bonchev–Trinajstić information content (AvgIpc) is 2.96. The summed E-state index contributed by atoms with van der Waals surface area (Å²) in [5, 5.41) is 3.45. The van der Waals surface area contributed by atoms with Gasteiger partial charge in [-0.15, -0.1) is 0 Å². The van der Waals surface area contributed by atoms with Crippen LogP contribution in [-0.4, -0.2) is 12.5 Å². The Morgan fingerprint density at radius 3 is 2.50 bits per heavy atom. The second-order valence-electron chi connectivity index (χ2n) is 5.30. The molecule has 1 aromatic heterocycles. The van der Waals surface area contributed by atoms with Crippen LogP contribution in [-0.2, 0) is 12.6 Å². The molecule has 124 valence electrons. The molecule has 0 saturated carbocycles. The smallest absolute Gasteiger partial charge is 0.417 e. The van der Waals surface area contributed by atoms with Crippen molar-refractivity contribution in [2.24, 2.45) is 0 Å². The average molecular weight is 333 g/mol. The summed E-state index contributed by atoms with van der Waals surface area (Å²) in [5.74, 6) is -0.0837. The highest BCUT2D eigenvalue weighted by molar-refractivity contribution is 5.95. The number of nitrogens with one attached hydrogen (secondary N) is 1. The number of rotatable bonds is 4. The van der Waals surface area contributed by atoms with Crippen molar-refractivity contribution in [3.63, 3.8) is 0 Å². The molecule has 0 spiro atoms. The highest BCUT2D eigenvalue weighted by Gasteiger charge is 2.34. The summed E-state index contributed by atoms with van der Waals surface area (Å²) < 4.78 is 44.4. The van der Waals surface area contributed by atoms with Crippen molar-refractivity contribution in [2.45, 2.75) is 12.6 Å². The molecule has 3 rings (SSSR count). The van der Waals surface area contributed by atoms with E-state index in [2.05, 4.69) is 5.32 Å². The van der Waals surface area contributed by atoms with Gasteiger partial charge in [0, 0.05) is 18.4 Å². The monoisotopic (exact) mass is 333 g/mol. The first-order chi connectivity index (χ1) is 11.4. The third kappa shape index (κ3) is 3.42. The van der Waals surface area contributed by atoms with Crippen molar-refractivity contribution in [2.75, 3.05) is 6.54 Å². The number of fused-ring (bicyclic) bond motifs is 1. The Balaban J connectivity index is 1.66. The predicted molar refractivity (Wildman–Crippen MR) is 83.7 cm³/mol. The van der Waals surface area contributed by atoms with Crippen LogP contribution < -0.4 is 5.32 Å². The van der Waals surface area contributed by atoms with Crippen LogP contribution >= 0.6 is 0 Å². The standard InChI is InChI=1S/C18H14F3NO2/c19-18(20,21)15-7-3-2-6-14(15)17(23)22-10-9-13-11-12-5-1-4-8-16(12)24-13/h1-8,11H,9-10H2,(H,22,23). The molecule has 1 N–H and O–H groups in total. The fraction of sp³-hybridized carbons (Fsp3) is 0.167.